The third-order valence-corrected chi connectivity index (χ3v) is 4.60. The maximum absolute atomic E-state index is 12.7. The van der Waals surface area contributed by atoms with Gasteiger partial charge in [-0.15, -0.1) is 0 Å². The highest BCUT2D eigenvalue weighted by molar-refractivity contribution is 9.10. The summed E-state index contributed by atoms with van der Waals surface area (Å²) in [5.74, 6) is -0.0188. The van der Waals surface area contributed by atoms with E-state index < -0.39 is 0 Å². The van der Waals surface area contributed by atoms with E-state index in [-0.39, 0.29) is 17.2 Å². The van der Waals surface area contributed by atoms with Crippen molar-refractivity contribution in [2.24, 2.45) is 0 Å². The van der Waals surface area contributed by atoms with Crippen molar-refractivity contribution in [1.82, 2.24) is 9.55 Å². The summed E-state index contributed by atoms with van der Waals surface area (Å²) < 4.78 is 2.27. The highest BCUT2D eigenvalue weighted by Crippen LogP contribution is 2.30. The van der Waals surface area contributed by atoms with Gasteiger partial charge in [0.05, 0.1) is 22.2 Å². The molecule has 1 aliphatic rings. The Kier molecular flexibility index (Phi) is 2.44. The molecule has 4 rings (SSSR count). The zero-order chi connectivity index (χ0) is 14.7. The molecule has 0 saturated heterocycles. The Labute approximate surface area is 128 Å². The Morgan fingerprint density at radius 1 is 1.14 bits per heavy atom. The van der Waals surface area contributed by atoms with Gasteiger partial charge in [-0.05, 0) is 36.8 Å². The summed E-state index contributed by atoms with van der Waals surface area (Å²) in [6, 6.07) is 10.7. The van der Waals surface area contributed by atoms with Gasteiger partial charge in [0.25, 0.3) is 5.56 Å². The van der Waals surface area contributed by atoms with E-state index in [9.17, 15) is 9.59 Å². The quantitative estimate of drug-likeness (QED) is 0.494. The number of aryl methyl sites for hydroxylation is 1. The van der Waals surface area contributed by atoms with E-state index in [0.29, 0.717) is 22.2 Å². The molecule has 0 atom stereocenters. The molecular weight excluding hydrogens is 332 g/mol. The first-order valence-corrected chi connectivity index (χ1v) is 7.24. The van der Waals surface area contributed by atoms with Crippen LogP contribution in [0.15, 0.2) is 45.7 Å². The molecule has 1 aromatic heterocycles. The molecule has 5 heteroatoms. The molecule has 2 aromatic carbocycles. The number of hydrogen-bond acceptors (Lipinski definition) is 3. The summed E-state index contributed by atoms with van der Waals surface area (Å²) in [7, 11) is 0. The van der Waals surface area contributed by atoms with Crippen LogP contribution in [-0.2, 0) is 0 Å². The van der Waals surface area contributed by atoms with E-state index in [1.807, 2.05) is 6.92 Å². The van der Waals surface area contributed by atoms with Crippen LogP contribution in [0.4, 0.5) is 0 Å². The molecule has 0 N–H and O–H groups in total. The van der Waals surface area contributed by atoms with E-state index >= 15 is 0 Å². The van der Waals surface area contributed by atoms with Crippen molar-refractivity contribution >= 4 is 32.6 Å². The lowest BCUT2D eigenvalue weighted by Crippen LogP contribution is -2.21. The third kappa shape index (κ3) is 1.58. The number of para-hydroxylation sites is 1. The van der Waals surface area contributed by atoms with Crippen LogP contribution in [0, 0.1) is 6.92 Å². The Hall–Kier alpha value is -2.27. The van der Waals surface area contributed by atoms with Gasteiger partial charge in [0, 0.05) is 4.47 Å². The fourth-order valence-corrected chi connectivity index (χ4v) is 3.00. The smallest absolute Gasteiger partial charge is 0.266 e. The topological polar surface area (TPSA) is 52.0 Å². The summed E-state index contributed by atoms with van der Waals surface area (Å²) in [4.78, 5) is 29.6. The van der Waals surface area contributed by atoms with Gasteiger partial charge < -0.3 is 0 Å². The van der Waals surface area contributed by atoms with E-state index in [1.165, 1.54) is 4.57 Å². The highest BCUT2D eigenvalue weighted by atomic mass is 79.9. The third-order valence-electron chi connectivity index (χ3n) is 3.74. The Balaban J connectivity index is 2.19. The lowest BCUT2D eigenvalue weighted by Gasteiger charge is -2.06. The number of fused-ring (bicyclic) bond motifs is 4. The number of aromatic nitrogens is 2. The Morgan fingerprint density at radius 2 is 1.90 bits per heavy atom. The Bertz CT molecular complexity index is 1010. The SMILES string of the molecule is Cc1cc2c(cc1Br)-n1c(nc3ccccc3c1=O)C2=O. The standard InChI is InChI=1S/C16H9BrN2O2/c1-8-6-10-13(7-11(8)17)19-15(14(10)20)18-12-5-3-2-4-9(12)16(19)21/h2-7H,1H3. The number of halogens is 1. The maximum Gasteiger partial charge on any atom is 0.266 e. The minimum absolute atomic E-state index is 0.186. The first-order chi connectivity index (χ1) is 10.1. The monoisotopic (exact) mass is 340 g/mol. The van der Waals surface area contributed by atoms with Crippen LogP contribution in [0.3, 0.4) is 0 Å². The second-order valence-corrected chi connectivity index (χ2v) is 5.90. The lowest BCUT2D eigenvalue weighted by molar-refractivity contribution is 0.103. The molecule has 0 bridgehead atoms. The minimum atomic E-state index is -0.210. The largest absolute Gasteiger partial charge is 0.285 e. The number of rotatable bonds is 0. The fraction of sp³-hybridized carbons (Fsp3) is 0.0625. The van der Waals surface area contributed by atoms with Crippen LogP contribution in [-0.4, -0.2) is 15.3 Å². The summed E-state index contributed by atoms with van der Waals surface area (Å²) in [6.45, 7) is 1.91. The van der Waals surface area contributed by atoms with Crippen LogP contribution in [0.1, 0.15) is 21.7 Å². The van der Waals surface area contributed by atoms with Gasteiger partial charge in [0.2, 0.25) is 5.78 Å². The molecule has 1 aliphatic heterocycles. The predicted molar refractivity (Wildman–Crippen MR) is 83.2 cm³/mol. The molecule has 21 heavy (non-hydrogen) atoms. The summed E-state index contributed by atoms with van der Waals surface area (Å²) in [5.41, 5.74) is 2.41. The molecule has 4 nitrogen and oxygen atoms in total. The van der Waals surface area contributed by atoms with E-state index in [1.54, 1.807) is 36.4 Å². The van der Waals surface area contributed by atoms with Gasteiger partial charge in [-0.3, -0.25) is 14.2 Å². The number of carbonyl (C=O) groups excluding carboxylic acids is 1. The molecule has 0 aliphatic carbocycles. The van der Waals surface area contributed by atoms with Gasteiger partial charge in [0.15, 0.2) is 5.82 Å². The second-order valence-electron chi connectivity index (χ2n) is 5.04. The van der Waals surface area contributed by atoms with Crippen molar-refractivity contribution < 1.29 is 4.79 Å². The average Bonchev–Trinajstić information content (AvgIpc) is 2.74. The van der Waals surface area contributed by atoms with Gasteiger partial charge in [-0.2, -0.15) is 0 Å². The van der Waals surface area contributed by atoms with Crippen LogP contribution in [0.2, 0.25) is 0 Å². The molecule has 0 unspecified atom stereocenters. The van der Waals surface area contributed by atoms with Crippen LogP contribution >= 0.6 is 15.9 Å². The van der Waals surface area contributed by atoms with Crippen LogP contribution in [0.5, 0.6) is 0 Å². The Morgan fingerprint density at radius 3 is 2.71 bits per heavy atom. The number of benzene rings is 2. The molecule has 0 spiro atoms. The molecule has 3 aromatic rings. The summed E-state index contributed by atoms with van der Waals surface area (Å²) in [6.07, 6.45) is 0. The average molecular weight is 341 g/mol. The predicted octanol–water partition coefficient (Wildman–Crippen LogP) is 3.00. The first-order valence-electron chi connectivity index (χ1n) is 6.45. The molecule has 102 valence electrons. The van der Waals surface area contributed by atoms with Crippen molar-refractivity contribution in [1.29, 1.82) is 0 Å². The zero-order valence-corrected chi connectivity index (χ0v) is 12.6. The fourth-order valence-electron chi connectivity index (χ4n) is 2.67. The number of hydrogen-bond donors (Lipinski definition) is 0. The normalized spacial score (nSPS) is 12.6. The van der Waals surface area contributed by atoms with E-state index in [4.69, 9.17) is 0 Å². The zero-order valence-electron chi connectivity index (χ0n) is 11.1. The molecule has 0 radical (unpaired) electrons. The van der Waals surface area contributed by atoms with Gasteiger partial charge in [-0.25, -0.2) is 4.98 Å². The number of carbonyl (C=O) groups is 1. The molecule has 0 saturated carbocycles. The maximum atomic E-state index is 12.7. The first kappa shape index (κ1) is 12.5. The van der Waals surface area contributed by atoms with E-state index in [0.717, 1.165) is 10.0 Å². The van der Waals surface area contributed by atoms with Crippen molar-refractivity contribution in [3.05, 3.63) is 68.2 Å². The second kappa shape index (κ2) is 4.11. The van der Waals surface area contributed by atoms with Gasteiger partial charge >= 0.3 is 0 Å². The van der Waals surface area contributed by atoms with E-state index in [2.05, 4.69) is 20.9 Å². The van der Waals surface area contributed by atoms with Gasteiger partial charge in [0.1, 0.15) is 0 Å². The van der Waals surface area contributed by atoms with Gasteiger partial charge in [-0.1, -0.05) is 28.1 Å². The van der Waals surface area contributed by atoms with Crippen molar-refractivity contribution in [2.45, 2.75) is 6.92 Å². The molecular formula is C16H9BrN2O2. The number of nitrogens with zero attached hydrogens (tertiary/aromatic N) is 2. The highest BCUT2D eigenvalue weighted by Gasteiger charge is 2.30. The summed E-state index contributed by atoms with van der Waals surface area (Å²) in [5, 5.41) is 0.513. The molecule has 0 amide bonds. The van der Waals surface area contributed by atoms with Crippen molar-refractivity contribution in [2.75, 3.05) is 0 Å². The molecule has 0 fully saturated rings. The summed E-state index contributed by atoms with van der Waals surface area (Å²) >= 11 is 3.45. The lowest BCUT2D eigenvalue weighted by atomic mass is 10.1. The minimum Gasteiger partial charge on any atom is -0.285 e. The number of ketones is 1. The van der Waals surface area contributed by atoms with Crippen LogP contribution in [0.25, 0.3) is 16.6 Å². The van der Waals surface area contributed by atoms with Crippen molar-refractivity contribution in [3.63, 3.8) is 0 Å². The van der Waals surface area contributed by atoms with Crippen LogP contribution < -0.4 is 5.56 Å². The van der Waals surface area contributed by atoms with Crippen molar-refractivity contribution in [3.8, 4) is 5.69 Å². The molecule has 2 heterocycles.